The van der Waals surface area contributed by atoms with Crippen molar-refractivity contribution in [2.45, 2.75) is 64.5 Å². The molecule has 0 spiro atoms. The first-order valence-electron chi connectivity index (χ1n) is 5.06. The summed E-state index contributed by atoms with van der Waals surface area (Å²) in [5, 5.41) is 4.79. The fraction of sp³-hybridized carbons (Fsp3) is 1.00. The summed E-state index contributed by atoms with van der Waals surface area (Å²) in [6.45, 7) is 4.51. The molecule has 0 amide bonds. The lowest BCUT2D eigenvalue weighted by molar-refractivity contribution is 0.293. The molecule has 1 fully saturated rings. The van der Waals surface area contributed by atoms with Crippen LogP contribution in [-0.4, -0.2) is 12.1 Å². The van der Waals surface area contributed by atoms with E-state index in [9.17, 15) is 0 Å². The predicted molar refractivity (Wildman–Crippen MR) is 48.8 cm³/mol. The molecule has 0 N–H and O–H groups in total. The van der Waals surface area contributed by atoms with Crippen LogP contribution < -0.4 is 5.32 Å². The maximum atomic E-state index is 4.79. The highest BCUT2D eigenvalue weighted by molar-refractivity contribution is 4.78. The summed E-state index contributed by atoms with van der Waals surface area (Å²) in [6, 6.07) is 1.40. The third-order valence-electron chi connectivity index (χ3n) is 2.59. The molecule has 0 aromatic carbocycles. The molecule has 1 rings (SSSR count). The molecule has 0 aromatic heterocycles. The van der Waals surface area contributed by atoms with Crippen LogP contribution in [0.15, 0.2) is 0 Å². The average molecular weight is 154 g/mol. The Morgan fingerprint density at radius 1 is 1.18 bits per heavy atom. The minimum absolute atomic E-state index is 0.695. The van der Waals surface area contributed by atoms with Gasteiger partial charge in [0.05, 0.1) is 0 Å². The second-order valence-corrected chi connectivity index (χ2v) is 3.58. The molecule has 1 nitrogen and oxygen atoms in total. The molecular formula is C10H20N. The highest BCUT2D eigenvalue weighted by Gasteiger charge is 2.19. The lowest BCUT2D eigenvalue weighted by Gasteiger charge is -2.28. The van der Waals surface area contributed by atoms with Crippen LogP contribution in [0.1, 0.15) is 52.4 Å². The van der Waals surface area contributed by atoms with Gasteiger partial charge in [-0.15, -0.1) is 0 Å². The van der Waals surface area contributed by atoms with Crippen LogP contribution in [-0.2, 0) is 0 Å². The van der Waals surface area contributed by atoms with Gasteiger partial charge in [-0.3, -0.25) is 0 Å². The van der Waals surface area contributed by atoms with Gasteiger partial charge in [0, 0.05) is 12.1 Å². The predicted octanol–water partition coefficient (Wildman–Crippen LogP) is 2.72. The molecule has 1 heteroatoms. The van der Waals surface area contributed by atoms with Gasteiger partial charge in [0.2, 0.25) is 0 Å². The van der Waals surface area contributed by atoms with E-state index in [1.165, 1.54) is 38.5 Å². The first-order chi connectivity index (χ1) is 5.36. The summed E-state index contributed by atoms with van der Waals surface area (Å²) < 4.78 is 0. The topological polar surface area (TPSA) is 14.1 Å². The van der Waals surface area contributed by atoms with E-state index in [1.807, 2.05) is 0 Å². The summed E-state index contributed by atoms with van der Waals surface area (Å²) in [7, 11) is 0. The van der Waals surface area contributed by atoms with E-state index in [0.717, 1.165) is 0 Å². The van der Waals surface area contributed by atoms with Crippen molar-refractivity contribution in [2.24, 2.45) is 0 Å². The number of hydrogen-bond donors (Lipinski definition) is 0. The molecule has 1 aliphatic rings. The highest BCUT2D eigenvalue weighted by atomic mass is 15.0. The Labute approximate surface area is 70.6 Å². The van der Waals surface area contributed by atoms with Gasteiger partial charge < -0.3 is 0 Å². The average Bonchev–Trinajstić information content (AvgIpc) is 2.06. The molecule has 0 saturated carbocycles. The van der Waals surface area contributed by atoms with Crippen LogP contribution in [0.4, 0.5) is 0 Å². The number of nitrogens with zero attached hydrogens (tertiary/aromatic N) is 1. The van der Waals surface area contributed by atoms with Crippen molar-refractivity contribution in [1.29, 1.82) is 0 Å². The molecule has 1 saturated heterocycles. The lowest BCUT2D eigenvalue weighted by Crippen LogP contribution is -2.35. The van der Waals surface area contributed by atoms with Crippen LogP contribution in [0.3, 0.4) is 0 Å². The molecule has 1 heterocycles. The molecule has 1 aliphatic heterocycles. The van der Waals surface area contributed by atoms with Crippen molar-refractivity contribution >= 4 is 0 Å². The van der Waals surface area contributed by atoms with Crippen molar-refractivity contribution in [2.75, 3.05) is 0 Å². The van der Waals surface area contributed by atoms with Crippen molar-refractivity contribution in [1.82, 2.24) is 5.32 Å². The van der Waals surface area contributed by atoms with E-state index in [-0.39, 0.29) is 0 Å². The third kappa shape index (κ3) is 2.82. The molecule has 2 atom stereocenters. The Morgan fingerprint density at radius 2 is 1.91 bits per heavy atom. The summed E-state index contributed by atoms with van der Waals surface area (Å²) in [5.74, 6) is 0. The van der Waals surface area contributed by atoms with Crippen LogP contribution in [0.2, 0.25) is 0 Å². The first-order valence-corrected chi connectivity index (χ1v) is 5.06. The number of rotatable bonds is 3. The maximum absolute atomic E-state index is 4.79. The third-order valence-corrected chi connectivity index (χ3v) is 2.59. The normalized spacial score (nSPS) is 32.2. The van der Waals surface area contributed by atoms with E-state index in [0.29, 0.717) is 12.1 Å². The lowest BCUT2D eigenvalue weighted by atomic mass is 9.95. The van der Waals surface area contributed by atoms with Gasteiger partial charge in [-0.05, 0) is 25.7 Å². The standard InChI is InChI=1S/C10H20N/c1-3-6-10-8-5-7-9(4-2)11-10/h9-10H,3-8H2,1-2H3. The molecule has 1 radical (unpaired) electrons. The molecule has 65 valence electrons. The Morgan fingerprint density at radius 3 is 2.55 bits per heavy atom. The number of hydrogen-bond acceptors (Lipinski definition) is 0. The molecule has 0 aromatic rings. The van der Waals surface area contributed by atoms with Crippen molar-refractivity contribution in [3.63, 3.8) is 0 Å². The molecule has 2 unspecified atom stereocenters. The van der Waals surface area contributed by atoms with E-state index in [4.69, 9.17) is 5.32 Å². The smallest absolute Gasteiger partial charge is 0.0249 e. The second-order valence-electron chi connectivity index (χ2n) is 3.58. The minimum atomic E-state index is 0.695. The SMILES string of the molecule is CCCC1CCCC(CC)[N]1. The Balaban J connectivity index is 2.21. The van der Waals surface area contributed by atoms with Gasteiger partial charge in [-0.2, -0.15) is 0 Å². The second kappa shape index (κ2) is 4.76. The van der Waals surface area contributed by atoms with E-state index < -0.39 is 0 Å². The van der Waals surface area contributed by atoms with Crippen LogP contribution in [0.5, 0.6) is 0 Å². The van der Waals surface area contributed by atoms with E-state index >= 15 is 0 Å². The van der Waals surface area contributed by atoms with Gasteiger partial charge in [0.15, 0.2) is 0 Å². The first kappa shape index (κ1) is 9.05. The molecule has 11 heavy (non-hydrogen) atoms. The summed E-state index contributed by atoms with van der Waals surface area (Å²) in [5.41, 5.74) is 0. The molecule has 0 aliphatic carbocycles. The van der Waals surface area contributed by atoms with Crippen molar-refractivity contribution < 1.29 is 0 Å². The van der Waals surface area contributed by atoms with Gasteiger partial charge in [-0.25, -0.2) is 5.32 Å². The monoisotopic (exact) mass is 154 g/mol. The van der Waals surface area contributed by atoms with E-state index in [2.05, 4.69) is 13.8 Å². The van der Waals surface area contributed by atoms with Gasteiger partial charge in [0.1, 0.15) is 0 Å². The molecule has 0 bridgehead atoms. The maximum Gasteiger partial charge on any atom is 0.0249 e. The minimum Gasteiger partial charge on any atom is -0.235 e. The Kier molecular flexibility index (Phi) is 3.92. The van der Waals surface area contributed by atoms with Gasteiger partial charge >= 0.3 is 0 Å². The van der Waals surface area contributed by atoms with Gasteiger partial charge in [-0.1, -0.05) is 26.7 Å². The quantitative estimate of drug-likeness (QED) is 0.593. The van der Waals surface area contributed by atoms with Crippen LogP contribution in [0, 0.1) is 0 Å². The number of piperidine rings is 1. The Hall–Kier alpha value is -0.0400. The van der Waals surface area contributed by atoms with E-state index in [1.54, 1.807) is 0 Å². The summed E-state index contributed by atoms with van der Waals surface area (Å²) in [6.07, 6.45) is 7.97. The van der Waals surface area contributed by atoms with Crippen LogP contribution >= 0.6 is 0 Å². The van der Waals surface area contributed by atoms with Gasteiger partial charge in [0.25, 0.3) is 0 Å². The zero-order valence-electron chi connectivity index (χ0n) is 7.84. The van der Waals surface area contributed by atoms with Crippen molar-refractivity contribution in [3.05, 3.63) is 0 Å². The highest BCUT2D eigenvalue weighted by Crippen LogP contribution is 2.19. The fourth-order valence-corrected chi connectivity index (χ4v) is 1.90. The zero-order valence-corrected chi connectivity index (χ0v) is 7.84. The van der Waals surface area contributed by atoms with Crippen molar-refractivity contribution in [3.8, 4) is 0 Å². The molecular weight excluding hydrogens is 134 g/mol. The summed E-state index contributed by atoms with van der Waals surface area (Å²) in [4.78, 5) is 0. The Bertz CT molecular complexity index is 99.0. The summed E-state index contributed by atoms with van der Waals surface area (Å²) >= 11 is 0. The largest absolute Gasteiger partial charge is 0.235 e. The fourth-order valence-electron chi connectivity index (χ4n) is 1.90. The van der Waals surface area contributed by atoms with Crippen LogP contribution in [0.25, 0.3) is 0 Å². The zero-order chi connectivity index (χ0) is 8.10.